The normalized spacial score (nSPS) is 30.6. The van der Waals surface area contributed by atoms with Gasteiger partial charge in [0, 0.05) is 37.2 Å². The number of methoxy groups -OCH3 is 1. The zero-order chi connectivity index (χ0) is 15.0. The van der Waals surface area contributed by atoms with E-state index in [1.807, 2.05) is 0 Å². The molecule has 1 aromatic carbocycles. The van der Waals surface area contributed by atoms with Crippen LogP contribution in [0.25, 0.3) is 0 Å². The molecule has 1 saturated heterocycles. The van der Waals surface area contributed by atoms with Crippen molar-refractivity contribution in [1.29, 1.82) is 0 Å². The maximum Gasteiger partial charge on any atom is 0.251 e. The van der Waals surface area contributed by atoms with E-state index in [-0.39, 0.29) is 34.6 Å². The van der Waals surface area contributed by atoms with Gasteiger partial charge in [0.1, 0.15) is 5.82 Å². The van der Waals surface area contributed by atoms with Crippen molar-refractivity contribution in [2.24, 2.45) is 11.8 Å². The Morgan fingerprint density at radius 3 is 3.10 bits per heavy atom. The number of nitrogens with one attached hydrogen (secondary N) is 1. The fourth-order valence-corrected chi connectivity index (χ4v) is 3.42. The fourth-order valence-electron chi connectivity index (χ4n) is 3.31. The van der Waals surface area contributed by atoms with Crippen LogP contribution in [0.1, 0.15) is 16.8 Å². The fraction of sp³-hybridized carbons (Fsp3) is 0.533. The highest BCUT2D eigenvalue weighted by Gasteiger charge is 2.54. The number of ether oxygens (including phenoxy) is 2. The van der Waals surface area contributed by atoms with Gasteiger partial charge in [-0.2, -0.15) is 0 Å². The Balaban J connectivity index is 1.70. The van der Waals surface area contributed by atoms with Gasteiger partial charge in [0.15, 0.2) is 0 Å². The third-order valence-corrected chi connectivity index (χ3v) is 4.67. The number of halogens is 2. The number of hydrogen-bond donors (Lipinski definition) is 1. The second-order valence-corrected chi connectivity index (χ2v) is 5.94. The lowest BCUT2D eigenvalue weighted by atomic mass is 9.67. The van der Waals surface area contributed by atoms with Crippen LogP contribution in [0.3, 0.4) is 0 Å². The highest BCUT2D eigenvalue weighted by atomic mass is 35.5. The largest absolute Gasteiger partial charge is 0.384 e. The van der Waals surface area contributed by atoms with Crippen LogP contribution in [0.5, 0.6) is 0 Å². The van der Waals surface area contributed by atoms with Crippen molar-refractivity contribution in [3.8, 4) is 0 Å². The Kier molecular flexibility index (Phi) is 4.15. The first-order valence-corrected chi connectivity index (χ1v) is 7.36. The van der Waals surface area contributed by atoms with Gasteiger partial charge in [0.2, 0.25) is 0 Å². The lowest BCUT2D eigenvalue weighted by molar-refractivity contribution is -0.0809. The monoisotopic (exact) mass is 313 g/mol. The molecule has 0 radical (unpaired) electrons. The molecule has 2 fully saturated rings. The Bertz CT molecular complexity index is 554. The van der Waals surface area contributed by atoms with Crippen LogP contribution in [0.4, 0.5) is 4.39 Å². The van der Waals surface area contributed by atoms with E-state index in [2.05, 4.69) is 5.32 Å². The lowest BCUT2D eigenvalue weighted by Gasteiger charge is -2.47. The minimum atomic E-state index is -0.589. The van der Waals surface area contributed by atoms with Gasteiger partial charge in [-0.05, 0) is 24.6 Å². The molecule has 21 heavy (non-hydrogen) atoms. The summed E-state index contributed by atoms with van der Waals surface area (Å²) < 4.78 is 24.3. The number of carbonyl (C=O) groups is 1. The van der Waals surface area contributed by atoms with Gasteiger partial charge in [0.05, 0.1) is 17.7 Å². The smallest absolute Gasteiger partial charge is 0.251 e. The molecule has 0 bridgehead atoms. The summed E-state index contributed by atoms with van der Waals surface area (Å²) in [5.41, 5.74) is 0.274. The van der Waals surface area contributed by atoms with Gasteiger partial charge in [0.25, 0.3) is 5.91 Å². The summed E-state index contributed by atoms with van der Waals surface area (Å²) in [4.78, 5) is 12.2. The second kappa shape index (κ2) is 5.91. The molecule has 1 heterocycles. The van der Waals surface area contributed by atoms with Crippen LogP contribution >= 0.6 is 11.6 Å². The number of benzene rings is 1. The number of fused-ring (bicyclic) bond motifs is 1. The van der Waals surface area contributed by atoms with Gasteiger partial charge >= 0.3 is 0 Å². The first-order chi connectivity index (χ1) is 10.1. The average molecular weight is 314 g/mol. The van der Waals surface area contributed by atoms with Crippen LogP contribution in [-0.2, 0) is 9.47 Å². The van der Waals surface area contributed by atoms with Crippen molar-refractivity contribution in [2.75, 3.05) is 20.3 Å². The van der Waals surface area contributed by atoms with Gasteiger partial charge in [-0.25, -0.2) is 4.39 Å². The molecule has 1 N–H and O–H groups in total. The molecule has 1 amide bonds. The van der Waals surface area contributed by atoms with Gasteiger partial charge in [-0.3, -0.25) is 4.79 Å². The maximum absolute atomic E-state index is 13.4. The zero-order valence-electron chi connectivity index (χ0n) is 11.6. The summed E-state index contributed by atoms with van der Waals surface area (Å²) in [6, 6.07) is 4.09. The molecule has 3 rings (SSSR count). The highest BCUT2D eigenvalue weighted by Crippen LogP contribution is 2.43. The molecule has 1 saturated carbocycles. The van der Waals surface area contributed by atoms with Crippen LogP contribution in [-0.4, -0.2) is 38.4 Å². The molecule has 6 heteroatoms. The van der Waals surface area contributed by atoms with Crippen molar-refractivity contribution in [3.05, 3.63) is 34.6 Å². The molecule has 2 aliphatic rings. The predicted molar refractivity (Wildman–Crippen MR) is 75.9 cm³/mol. The molecular formula is C15H17ClFNO3. The van der Waals surface area contributed by atoms with Crippen LogP contribution < -0.4 is 5.32 Å². The molecular weight excluding hydrogens is 297 g/mol. The SMILES string of the molecule is COC[C@H]1[C@@H](NC(=O)c2ccc(Cl)c(F)c2)[C@H]2CCO[C@H]21. The van der Waals surface area contributed by atoms with E-state index in [0.29, 0.717) is 12.5 Å². The highest BCUT2D eigenvalue weighted by molar-refractivity contribution is 6.30. The maximum atomic E-state index is 13.4. The summed E-state index contributed by atoms with van der Waals surface area (Å²) in [6.07, 6.45) is 1.10. The summed E-state index contributed by atoms with van der Waals surface area (Å²) in [5, 5.41) is 2.99. The van der Waals surface area contributed by atoms with Crippen molar-refractivity contribution in [2.45, 2.75) is 18.6 Å². The van der Waals surface area contributed by atoms with E-state index in [1.54, 1.807) is 7.11 Å². The Hall–Kier alpha value is -1.17. The Labute approximate surface area is 127 Å². The van der Waals surface area contributed by atoms with Crippen molar-refractivity contribution in [1.82, 2.24) is 5.32 Å². The van der Waals surface area contributed by atoms with E-state index in [0.717, 1.165) is 19.1 Å². The number of carbonyl (C=O) groups excluding carboxylic acids is 1. The molecule has 1 aliphatic carbocycles. The van der Waals surface area contributed by atoms with E-state index in [1.165, 1.54) is 12.1 Å². The molecule has 1 aromatic rings. The molecule has 1 aliphatic heterocycles. The van der Waals surface area contributed by atoms with Crippen LogP contribution in [0.2, 0.25) is 5.02 Å². The summed E-state index contributed by atoms with van der Waals surface area (Å²) >= 11 is 5.63. The van der Waals surface area contributed by atoms with Crippen molar-refractivity contribution < 1.29 is 18.7 Å². The quantitative estimate of drug-likeness (QED) is 0.927. The van der Waals surface area contributed by atoms with Crippen molar-refractivity contribution >= 4 is 17.5 Å². The topological polar surface area (TPSA) is 47.6 Å². The van der Waals surface area contributed by atoms with E-state index in [4.69, 9.17) is 21.1 Å². The minimum absolute atomic E-state index is 0.0108. The average Bonchev–Trinajstić information content (AvgIpc) is 2.89. The Morgan fingerprint density at radius 2 is 2.38 bits per heavy atom. The van der Waals surface area contributed by atoms with Crippen LogP contribution in [0, 0.1) is 17.7 Å². The number of hydrogen-bond acceptors (Lipinski definition) is 3. The molecule has 0 aromatic heterocycles. The standard InChI is InChI=1S/C15H17ClFNO3/c1-20-7-10-13(9-4-5-21-14(9)10)18-15(19)8-2-3-11(16)12(17)6-8/h2-3,6,9-10,13-14H,4-5,7H2,1H3,(H,18,19)/t9-,10+,13+,14-/m1/s1. The molecule has 114 valence electrons. The number of amides is 1. The molecule has 4 nitrogen and oxygen atoms in total. The molecule has 0 unspecified atom stereocenters. The third-order valence-electron chi connectivity index (χ3n) is 4.37. The van der Waals surface area contributed by atoms with E-state index < -0.39 is 5.82 Å². The second-order valence-electron chi connectivity index (χ2n) is 5.54. The first kappa shape index (κ1) is 14.8. The van der Waals surface area contributed by atoms with E-state index in [9.17, 15) is 9.18 Å². The molecule has 4 atom stereocenters. The zero-order valence-corrected chi connectivity index (χ0v) is 12.4. The molecule has 0 spiro atoms. The predicted octanol–water partition coefficient (Wildman–Crippen LogP) is 2.26. The minimum Gasteiger partial charge on any atom is -0.384 e. The summed E-state index contributed by atoms with van der Waals surface area (Å²) in [7, 11) is 1.63. The lowest BCUT2D eigenvalue weighted by Crippen LogP contribution is -2.62. The Morgan fingerprint density at radius 1 is 1.57 bits per heavy atom. The number of rotatable bonds is 4. The van der Waals surface area contributed by atoms with Crippen LogP contribution in [0.15, 0.2) is 18.2 Å². The van der Waals surface area contributed by atoms with Gasteiger partial charge in [-0.1, -0.05) is 11.6 Å². The third kappa shape index (κ3) is 2.65. The van der Waals surface area contributed by atoms with E-state index >= 15 is 0 Å². The van der Waals surface area contributed by atoms with Gasteiger partial charge in [-0.15, -0.1) is 0 Å². The summed E-state index contributed by atoms with van der Waals surface area (Å²) in [6.45, 7) is 1.26. The van der Waals surface area contributed by atoms with Gasteiger partial charge < -0.3 is 14.8 Å². The first-order valence-electron chi connectivity index (χ1n) is 6.98. The summed E-state index contributed by atoms with van der Waals surface area (Å²) in [5.74, 6) is -0.398. The van der Waals surface area contributed by atoms with Crippen molar-refractivity contribution in [3.63, 3.8) is 0 Å².